The number of anilines is 1. The third-order valence-electron chi connectivity index (χ3n) is 2.90. The van der Waals surface area contributed by atoms with Crippen molar-refractivity contribution < 1.29 is 14.3 Å². The highest BCUT2D eigenvalue weighted by Crippen LogP contribution is 2.14. The second-order valence-electron chi connectivity index (χ2n) is 4.68. The van der Waals surface area contributed by atoms with Gasteiger partial charge in [0.2, 0.25) is 5.88 Å². The fraction of sp³-hybridized carbons (Fsp3) is 0.538. The van der Waals surface area contributed by atoms with Gasteiger partial charge in [-0.05, 0) is 19.9 Å². The Kier molecular flexibility index (Phi) is 4.21. The van der Waals surface area contributed by atoms with Gasteiger partial charge in [0.05, 0.1) is 31.2 Å². The van der Waals surface area contributed by atoms with E-state index in [9.17, 15) is 4.79 Å². The second-order valence-corrected chi connectivity index (χ2v) is 4.68. The molecule has 0 aromatic carbocycles. The molecule has 2 heterocycles. The molecular weight excluding hydrogens is 246 g/mol. The summed E-state index contributed by atoms with van der Waals surface area (Å²) in [6.45, 7) is 5.12. The van der Waals surface area contributed by atoms with Crippen LogP contribution in [0.5, 0.6) is 5.88 Å². The predicted octanol–water partition coefficient (Wildman–Crippen LogP) is 1.73. The molecule has 2 atom stereocenters. The number of urea groups is 1. The average Bonchev–Trinajstić information content (AvgIpc) is 2.38. The summed E-state index contributed by atoms with van der Waals surface area (Å²) in [7, 11) is 1.55. The van der Waals surface area contributed by atoms with Crippen molar-refractivity contribution in [1.82, 2.24) is 9.88 Å². The summed E-state index contributed by atoms with van der Waals surface area (Å²) in [6, 6.07) is 3.34. The van der Waals surface area contributed by atoms with E-state index in [2.05, 4.69) is 10.3 Å². The number of ether oxygens (including phenoxy) is 2. The third kappa shape index (κ3) is 3.57. The minimum atomic E-state index is -0.131. The largest absolute Gasteiger partial charge is 0.481 e. The van der Waals surface area contributed by atoms with Crippen LogP contribution in [0.3, 0.4) is 0 Å². The first kappa shape index (κ1) is 13.6. The SMILES string of the molecule is COc1ccc(NC(=O)N2C[C@@H](C)O[C@H](C)C2)cn1. The first-order valence-electron chi connectivity index (χ1n) is 6.30. The van der Waals surface area contributed by atoms with E-state index in [0.717, 1.165) is 0 Å². The maximum absolute atomic E-state index is 12.1. The van der Waals surface area contributed by atoms with Gasteiger partial charge in [-0.2, -0.15) is 0 Å². The van der Waals surface area contributed by atoms with Gasteiger partial charge < -0.3 is 19.7 Å². The molecule has 1 aromatic heterocycles. The number of nitrogens with one attached hydrogen (secondary N) is 1. The molecule has 0 saturated carbocycles. The van der Waals surface area contributed by atoms with Crippen LogP contribution >= 0.6 is 0 Å². The van der Waals surface area contributed by atoms with Crippen molar-refractivity contribution in [2.45, 2.75) is 26.1 Å². The minimum absolute atomic E-state index is 0.0588. The number of methoxy groups -OCH3 is 1. The van der Waals surface area contributed by atoms with E-state index >= 15 is 0 Å². The molecular formula is C13H19N3O3. The number of hydrogen-bond donors (Lipinski definition) is 1. The van der Waals surface area contributed by atoms with E-state index in [4.69, 9.17) is 9.47 Å². The summed E-state index contributed by atoms with van der Waals surface area (Å²) in [5.74, 6) is 0.520. The van der Waals surface area contributed by atoms with Crippen molar-refractivity contribution in [1.29, 1.82) is 0 Å². The summed E-state index contributed by atoms with van der Waals surface area (Å²) in [5, 5.41) is 2.82. The summed E-state index contributed by atoms with van der Waals surface area (Å²) in [5.41, 5.74) is 0.651. The fourth-order valence-electron chi connectivity index (χ4n) is 2.12. The molecule has 0 bridgehead atoms. The molecule has 2 amide bonds. The Labute approximate surface area is 112 Å². The molecule has 1 fully saturated rings. The van der Waals surface area contributed by atoms with E-state index in [0.29, 0.717) is 24.7 Å². The standard InChI is InChI=1S/C13H19N3O3/c1-9-7-16(8-10(2)19-9)13(17)15-11-4-5-12(18-3)14-6-11/h4-6,9-10H,7-8H2,1-3H3,(H,15,17)/t9-,10-/m1/s1. The highest BCUT2D eigenvalue weighted by atomic mass is 16.5. The quantitative estimate of drug-likeness (QED) is 0.884. The van der Waals surface area contributed by atoms with Crippen molar-refractivity contribution in [2.24, 2.45) is 0 Å². The maximum atomic E-state index is 12.1. The van der Waals surface area contributed by atoms with Crippen LogP contribution in [-0.2, 0) is 4.74 Å². The Hall–Kier alpha value is -1.82. The molecule has 0 radical (unpaired) electrons. The fourth-order valence-corrected chi connectivity index (χ4v) is 2.12. The number of amides is 2. The minimum Gasteiger partial charge on any atom is -0.481 e. The molecule has 0 unspecified atom stereocenters. The first-order valence-corrected chi connectivity index (χ1v) is 6.30. The molecule has 1 aliphatic rings. The van der Waals surface area contributed by atoms with Gasteiger partial charge in [0.1, 0.15) is 0 Å². The van der Waals surface area contributed by atoms with Gasteiger partial charge in [0, 0.05) is 19.2 Å². The second kappa shape index (κ2) is 5.88. The predicted molar refractivity (Wildman–Crippen MR) is 71.4 cm³/mol. The van der Waals surface area contributed by atoms with Crippen molar-refractivity contribution in [3.63, 3.8) is 0 Å². The van der Waals surface area contributed by atoms with Gasteiger partial charge in [0.15, 0.2) is 0 Å². The van der Waals surface area contributed by atoms with Crippen molar-refractivity contribution in [3.8, 4) is 5.88 Å². The van der Waals surface area contributed by atoms with Gasteiger partial charge in [0.25, 0.3) is 0 Å². The zero-order chi connectivity index (χ0) is 13.8. The number of nitrogens with zero attached hydrogens (tertiary/aromatic N) is 2. The number of rotatable bonds is 2. The average molecular weight is 265 g/mol. The molecule has 1 saturated heterocycles. The molecule has 1 aliphatic heterocycles. The monoisotopic (exact) mass is 265 g/mol. The maximum Gasteiger partial charge on any atom is 0.322 e. The van der Waals surface area contributed by atoms with Crippen LogP contribution in [0.2, 0.25) is 0 Å². The van der Waals surface area contributed by atoms with Gasteiger partial charge in [-0.3, -0.25) is 0 Å². The number of carbonyl (C=O) groups excluding carboxylic acids is 1. The van der Waals surface area contributed by atoms with E-state index in [1.54, 1.807) is 30.3 Å². The van der Waals surface area contributed by atoms with Gasteiger partial charge >= 0.3 is 6.03 Å². The van der Waals surface area contributed by atoms with E-state index in [1.807, 2.05) is 13.8 Å². The van der Waals surface area contributed by atoms with Crippen LogP contribution in [0.25, 0.3) is 0 Å². The zero-order valence-corrected chi connectivity index (χ0v) is 11.4. The van der Waals surface area contributed by atoms with Gasteiger partial charge in [-0.15, -0.1) is 0 Å². The van der Waals surface area contributed by atoms with Crippen LogP contribution in [0, 0.1) is 0 Å². The van der Waals surface area contributed by atoms with Crippen molar-refractivity contribution in [2.75, 3.05) is 25.5 Å². The Morgan fingerprint density at radius 2 is 2.11 bits per heavy atom. The normalized spacial score (nSPS) is 23.0. The first-order chi connectivity index (χ1) is 9.08. The lowest BCUT2D eigenvalue weighted by Crippen LogP contribution is -2.49. The Balaban J connectivity index is 1.96. The molecule has 0 spiro atoms. The highest BCUT2D eigenvalue weighted by Gasteiger charge is 2.25. The van der Waals surface area contributed by atoms with Crippen molar-refractivity contribution in [3.05, 3.63) is 18.3 Å². The van der Waals surface area contributed by atoms with E-state index in [1.165, 1.54) is 0 Å². The molecule has 0 aliphatic carbocycles. The lowest BCUT2D eigenvalue weighted by molar-refractivity contribution is -0.0530. The number of hydrogen-bond acceptors (Lipinski definition) is 4. The molecule has 6 heteroatoms. The van der Waals surface area contributed by atoms with Crippen LogP contribution in [0.4, 0.5) is 10.5 Å². The number of pyridine rings is 1. The number of morpholine rings is 1. The van der Waals surface area contributed by atoms with E-state index < -0.39 is 0 Å². The lowest BCUT2D eigenvalue weighted by atomic mass is 10.2. The van der Waals surface area contributed by atoms with Gasteiger partial charge in [-0.1, -0.05) is 0 Å². The Morgan fingerprint density at radius 1 is 1.42 bits per heavy atom. The van der Waals surface area contributed by atoms with Crippen molar-refractivity contribution >= 4 is 11.7 Å². The topological polar surface area (TPSA) is 63.7 Å². The molecule has 1 aromatic rings. The summed E-state index contributed by atoms with van der Waals surface area (Å²) in [4.78, 5) is 17.9. The Morgan fingerprint density at radius 3 is 2.63 bits per heavy atom. The van der Waals surface area contributed by atoms with Crippen LogP contribution in [0.1, 0.15) is 13.8 Å². The van der Waals surface area contributed by atoms with Crippen LogP contribution in [-0.4, -0.2) is 48.3 Å². The third-order valence-corrected chi connectivity index (χ3v) is 2.90. The smallest absolute Gasteiger partial charge is 0.322 e. The molecule has 104 valence electrons. The summed E-state index contributed by atoms with van der Waals surface area (Å²) in [6.07, 6.45) is 1.69. The zero-order valence-electron chi connectivity index (χ0n) is 11.4. The molecule has 2 rings (SSSR count). The van der Waals surface area contributed by atoms with Crippen LogP contribution < -0.4 is 10.1 Å². The summed E-state index contributed by atoms with van der Waals surface area (Å²) < 4.78 is 10.6. The number of aromatic nitrogens is 1. The lowest BCUT2D eigenvalue weighted by Gasteiger charge is -2.35. The summed E-state index contributed by atoms with van der Waals surface area (Å²) >= 11 is 0. The molecule has 6 nitrogen and oxygen atoms in total. The van der Waals surface area contributed by atoms with E-state index in [-0.39, 0.29) is 18.2 Å². The molecule has 1 N–H and O–H groups in total. The van der Waals surface area contributed by atoms with Gasteiger partial charge in [-0.25, -0.2) is 9.78 Å². The van der Waals surface area contributed by atoms with Crippen LogP contribution in [0.15, 0.2) is 18.3 Å². The highest BCUT2D eigenvalue weighted by molar-refractivity contribution is 5.89. The molecule has 19 heavy (non-hydrogen) atoms. The Bertz CT molecular complexity index is 425. The number of carbonyl (C=O) groups is 1.